The maximum Gasteiger partial charge on any atom is 0.230 e. The molecule has 0 aromatic heterocycles. The van der Waals surface area contributed by atoms with Crippen LogP contribution in [0.25, 0.3) is 0 Å². The minimum absolute atomic E-state index is 0.119. The lowest BCUT2D eigenvalue weighted by molar-refractivity contribution is -0.137. The second kappa shape index (κ2) is 4.61. The van der Waals surface area contributed by atoms with Crippen molar-refractivity contribution >= 4 is 23.5 Å². The van der Waals surface area contributed by atoms with Gasteiger partial charge in [0.25, 0.3) is 0 Å². The maximum absolute atomic E-state index is 12.0. The molecule has 0 spiro atoms. The van der Waals surface area contributed by atoms with Crippen LogP contribution in [0, 0.1) is 0 Å². The van der Waals surface area contributed by atoms with Crippen LogP contribution in [0.5, 0.6) is 0 Å². The van der Waals surface area contributed by atoms with Crippen LogP contribution in [-0.4, -0.2) is 27.7 Å². The number of fused-ring (bicyclic) bond motifs is 1. The van der Waals surface area contributed by atoms with E-state index in [1.807, 2.05) is 36.5 Å². The third-order valence-electron chi connectivity index (χ3n) is 3.21. The van der Waals surface area contributed by atoms with E-state index in [1.165, 1.54) is 0 Å². The van der Waals surface area contributed by atoms with Crippen LogP contribution in [0.2, 0.25) is 0 Å². The van der Waals surface area contributed by atoms with Gasteiger partial charge in [0.1, 0.15) is 0 Å². The Kier molecular flexibility index (Phi) is 2.96. The molecule has 1 unspecified atom stereocenters. The second-order valence-electron chi connectivity index (χ2n) is 4.52. The Morgan fingerprint density at radius 1 is 1.33 bits per heavy atom. The molecule has 2 aliphatic heterocycles. The van der Waals surface area contributed by atoms with Crippen molar-refractivity contribution in [2.75, 3.05) is 5.75 Å². The minimum Gasteiger partial charge on any atom is -0.306 e. The number of benzene rings is 1. The van der Waals surface area contributed by atoms with Gasteiger partial charge in [0.15, 0.2) is 5.78 Å². The van der Waals surface area contributed by atoms with Gasteiger partial charge in [-0.15, -0.1) is 11.8 Å². The molecular formula is C14H13NO2S. The number of rotatable bonds is 3. The summed E-state index contributed by atoms with van der Waals surface area (Å²) in [6.07, 6.45) is 2.92. The molecule has 1 aromatic rings. The number of ketones is 1. The lowest BCUT2D eigenvalue weighted by atomic mass is 10.0. The molecule has 92 valence electrons. The summed E-state index contributed by atoms with van der Waals surface area (Å²) in [5, 5.41) is 0.313. The number of hydrogen-bond acceptors (Lipinski definition) is 3. The summed E-state index contributed by atoms with van der Waals surface area (Å²) in [6, 6.07) is 9.29. The van der Waals surface area contributed by atoms with Crippen LogP contribution in [0.15, 0.2) is 42.1 Å². The van der Waals surface area contributed by atoms with Crippen LogP contribution in [-0.2, 0) is 4.79 Å². The third kappa shape index (κ3) is 2.08. The van der Waals surface area contributed by atoms with Crippen molar-refractivity contribution in [1.82, 2.24) is 4.90 Å². The lowest BCUT2D eigenvalue weighted by Gasteiger charge is -2.41. The Balaban J connectivity index is 1.70. The fraction of sp³-hybridized carbons (Fsp3) is 0.286. The van der Waals surface area contributed by atoms with Crippen LogP contribution in [0.1, 0.15) is 23.2 Å². The number of amides is 1. The molecule has 0 radical (unpaired) electrons. The quantitative estimate of drug-likeness (QED) is 0.618. The van der Waals surface area contributed by atoms with Crippen molar-refractivity contribution in [2.24, 2.45) is 0 Å². The normalized spacial score (nSPS) is 22.0. The number of Topliss-reactive ketones (excluding diaryl/α,β-unsaturated/α-hetero) is 1. The van der Waals surface area contributed by atoms with Crippen LogP contribution in [0.3, 0.4) is 0 Å². The topological polar surface area (TPSA) is 37.4 Å². The predicted molar refractivity (Wildman–Crippen MR) is 71.2 cm³/mol. The summed E-state index contributed by atoms with van der Waals surface area (Å²) in [4.78, 5) is 25.1. The standard InChI is InChI=1S/C14H13NO2S/c16-12(11-4-2-1-3-5-11)6-10-8-15-13(17)7-14(15)18-9-10/h1-5,8,14H,6-7,9H2. The monoisotopic (exact) mass is 259 g/mol. The molecule has 0 N–H and O–H groups in total. The van der Waals surface area contributed by atoms with Gasteiger partial charge < -0.3 is 4.90 Å². The predicted octanol–water partition coefficient (Wildman–Crippen LogP) is 2.45. The number of β-lactam (4-membered cyclic amide) rings is 1. The highest BCUT2D eigenvalue weighted by Gasteiger charge is 2.37. The highest BCUT2D eigenvalue weighted by atomic mass is 32.2. The van der Waals surface area contributed by atoms with E-state index in [0.717, 1.165) is 16.9 Å². The Morgan fingerprint density at radius 2 is 2.11 bits per heavy atom. The summed E-state index contributed by atoms with van der Waals surface area (Å²) in [7, 11) is 0. The van der Waals surface area contributed by atoms with Gasteiger partial charge in [-0.2, -0.15) is 0 Å². The van der Waals surface area contributed by atoms with E-state index >= 15 is 0 Å². The van der Waals surface area contributed by atoms with Gasteiger partial charge in [-0.3, -0.25) is 9.59 Å². The van der Waals surface area contributed by atoms with Crippen LogP contribution < -0.4 is 0 Å². The minimum atomic E-state index is 0.119. The summed E-state index contributed by atoms with van der Waals surface area (Å²) in [5.74, 6) is 1.14. The summed E-state index contributed by atoms with van der Waals surface area (Å²) in [5.41, 5.74) is 1.78. The first-order valence-electron chi connectivity index (χ1n) is 5.94. The zero-order valence-corrected chi connectivity index (χ0v) is 10.7. The molecule has 2 aliphatic rings. The number of nitrogens with zero attached hydrogens (tertiary/aromatic N) is 1. The molecule has 1 fully saturated rings. The summed E-state index contributed by atoms with van der Waals surface area (Å²) >= 11 is 1.75. The first-order chi connectivity index (χ1) is 8.74. The number of carbonyl (C=O) groups is 2. The summed E-state index contributed by atoms with van der Waals surface area (Å²) in [6.45, 7) is 0. The molecule has 1 saturated heterocycles. The van der Waals surface area contributed by atoms with E-state index in [-0.39, 0.29) is 11.7 Å². The third-order valence-corrected chi connectivity index (χ3v) is 4.53. The molecule has 4 heteroatoms. The summed E-state index contributed by atoms with van der Waals surface area (Å²) < 4.78 is 0. The first kappa shape index (κ1) is 11.5. The van der Waals surface area contributed by atoms with Crippen molar-refractivity contribution in [1.29, 1.82) is 0 Å². The van der Waals surface area contributed by atoms with Crippen molar-refractivity contribution in [3.63, 3.8) is 0 Å². The molecular weight excluding hydrogens is 246 g/mol. The van der Waals surface area contributed by atoms with E-state index in [4.69, 9.17) is 0 Å². The van der Waals surface area contributed by atoms with Crippen molar-refractivity contribution in [3.8, 4) is 0 Å². The number of carbonyl (C=O) groups excluding carboxylic acids is 2. The number of hydrogen-bond donors (Lipinski definition) is 0. The van der Waals surface area contributed by atoms with Gasteiger partial charge in [0.05, 0.1) is 11.8 Å². The van der Waals surface area contributed by atoms with Crippen molar-refractivity contribution in [2.45, 2.75) is 18.2 Å². The van der Waals surface area contributed by atoms with E-state index in [0.29, 0.717) is 18.2 Å². The van der Waals surface area contributed by atoms with Gasteiger partial charge in [-0.1, -0.05) is 30.3 Å². The molecule has 0 bridgehead atoms. The zero-order valence-electron chi connectivity index (χ0n) is 9.83. The number of thioether (sulfide) groups is 1. The molecule has 0 saturated carbocycles. The second-order valence-corrected chi connectivity index (χ2v) is 5.69. The van der Waals surface area contributed by atoms with Crippen LogP contribution in [0.4, 0.5) is 0 Å². The van der Waals surface area contributed by atoms with Gasteiger partial charge in [-0.05, 0) is 5.57 Å². The Hall–Kier alpha value is -1.55. The van der Waals surface area contributed by atoms with Gasteiger partial charge in [-0.25, -0.2) is 0 Å². The molecule has 1 amide bonds. The molecule has 1 aromatic carbocycles. The molecule has 18 heavy (non-hydrogen) atoms. The average molecular weight is 259 g/mol. The molecule has 3 nitrogen and oxygen atoms in total. The Morgan fingerprint density at radius 3 is 2.83 bits per heavy atom. The SMILES string of the molecule is O=C(CC1=CN2C(=O)CC2SC1)c1ccccc1. The lowest BCUT2D eigenvalue weighted by Crippen LogP contribution is -2.49. The van der Waals surface area contributed by atoms with E-state index < -0.39 is 0 Å². The smallest absolute Gasteiger partial charge is 0.230 e. The van der Waals surface area contributed by atoms with Gasteiger partial charge >= 0.3 is 0 Å². The molecule has 3 rings (SSSR count). The highest BCUT2D eigenvalue weighted by Crippen LogP contribution is 2.36. The van der Waals surface area contributed by atoms with E-state index in [2.05, 4.69) is 0 Å². The highest BCUT2D eigenvalue weighted by molar-refractivity contribution is 8.00. The zero-order chi connectivity index (χ0) is 12.5. The largest absolute Gasteiger partial charge is 0.306 e. The van der Waals surface area contributed by atoms with Crippen LogP contribution >= 0.6 is 11.8 Å². The Labute approximate surface area is 110 Å². The van der Waals surface area contributed by atoms with Crippen molar-refractivity contribution < 1.29 is 9.59 Å². The molecule has 2 heterocycles. The Bertz CT molecular complexity index is 524. The first-order valence-corrected chi connectivity index (χ1v) is 6.99. The van der Waals surface area contributed by atoms with E-state index in [1.54, 1.807) is 16.7 Å². The van der Waals surface area contributed by atoms with Gasteiger partial charge in [0.2, 0.25) is 5.91 Å². The average Bonchev–Trinajstić information content (AvgIpc) is 2.40. The fourth-order valence-electron chi connectivity index (χ4n) is 2.16. The fourth-order valence-corrected chi connectivity index (χ4v) is 3.34. The van der Waals surface area contributed by atoms with Crippen molar-refractivity contribution in [3.05, 3.63) is 47.7 Å². The molecule has 1 atom stereocenters. The van der Waals surface area contributed by atoms with Gasteiger partial charge in [0, 0.05) is 23.9 Å². The molecule has 0 aliphatic carbocycles. The van der Waals surface area contributed by atoms with E-state index in [9.17, 15) is 9.59 Å². The maximum atomic E-state index is 12.0.